The van der Waals surface area contributed by atoms with E-state index in [1.165, 1.54) is 0 Å². The Morgan fingerprint density at radius 2 is 2.33 bits per heavy atom. The SMILES string of the molecule is Cc1[nH]ncc1C(=O)NCCCN(C)C. The van der Waals surface area contributed by atoms with Crippen LogP contribution in [0.3, 0.4) is 0 Å². The lowest BCUT2D eigenvalue weighted by molar-refractivity contribution is 0.0952. The predicted octanol–water partition coefficient (Wildman–Crippen LogP) is 0.400. The second-order valence-corrected chi connectivity index (χ2v) is 3.82. The Kier molecular flexibility index (Phi) is 4.30. The Labute approximate surface area is 89.9 Å². The van der Waals surface area contributed by atoms with Crippen molar-refractivity contribution in [2.45, 2.75) is 13.3 Å². The molecule has 15 heavy (non-hydrogen) atoms. The minimum Gasteiger partial charge on any atom is -0.352 e. The lowest BCUT2D eigenvalue weighted by Crippen LogP contribution is -2.27. The van der Waals surface area contributed by atoms with Crippen LogP contribution in [0.4, 0.5) is 0 Å². The van der Waals surface area contributed by atoms with E-state index in [4.69, 9.17) is 0 Å². The fraction of sp³-hybridized carbons (Fsp3) is 0.600. The molecule has 1 rings (SSSR count). The molecule has 1 aromatic rings. The summed E-state index contributed by atoms with van der Waals surface area (Å²) in [7, 11) is 4.03. The summed E-state index contributed by atoms with van der Waals surface area (Å²) in [6.07, 6.45) is 2.51. The topological polar surface area (TPSA) is 61.0 Å². The molecule has 0 unspecified atom stereocenters. The van der Waals surface area contributed by atoms with E-state index in [1.54, 1.807) is 6.20 Å². The highest BCUT2D eigenvalue weighted by Gasteiger charge is 2.09. The van der Waals surface area contributed by atoms with Crippen molar-refractivity contribution in [3.8, 4) is 0 Å². The molecule has 0 aromatic carbocycles. The molecule has 0 aliphatic carbocycles. The number of nitrogens with zero attached hydrogens (tertiary/aromatic N) is 2. The summed E-state index contributed by atoms with van der Waals surface area (Å²) in [5.41, 5.74) is 1.43. The minimum atomic E-state index is -0.0555. The first-order valence-electron chi connectivity index (χ1n) is 5.04. The minimum absolute atomic E-state index is 0.0555. The highest BCUT2D eigenvalue weighted by molar-refractivity contribution is 5.94. The number of hydrogen-bond acceptors (Lipinski definition) is 3. The molecule has 0 atom stereocenters. The van der Waals surface area contributed by atoms with Gasteiger partial charge in [-0.2, -0.15) is 5.10 Å². The average molecular weight is 210 g/mol. The van der Waals surface area contributed by atoms with Gasteiger partial charge in [0.1, 0.15) is 0 Å². The molecule has 0 spiro atoms. The average Bonchev–Trinajstić information content (AvgIpc) is 2.58. The van der Waals surface area contributed by atoms with Gasteiger partial charge in [0.25, 0.3) is 5.91 Å². The van der Waals surface area contributed by atoms with Gasteiger partial charge >= 0.3 is 0 Å². The molecule has 0 saturated heterocycles. The third kappa shape index (κ3) is 3.71. The molecule has 0 radical (unpaired) electrons. The maximum absolute atomic E-state index is 11.6. The third-order valence-corrected chi connectivity index (χ3v) is 2.14. The summed E-state index contributed by atoms with van der Waals surface area (Å²) in [6, 6.07) is 0. The number of carbonyl (C=O) groups is 1. The van der Waals surface area contributed by atoms with E-state index in [0.717, 1.165) is 18.7 Å². The van der Waals surface area contributed by atoms with Crippen molar-refractivity contribution in [3.05, 3.63) is 17.5 Å². The summed E-state index contributed by atoms with van der Waals surface area (Å²) in [5.74, 6) is -0.0555. The number of aromatic nitrogens is 2. The summed E-state index contributed by atoms with van der Waals surface area (Å²) < 4.78 is 0. The van der Waals surface area contributed by atoms with Crippen LogP contribution >= 0.6 is 0 Å². The standard InChI is InChI=1S/C10H18N4O/c1-8-9(7-12-13-8)10(15)11-5-4-6-14(2)3/h7H,4-6H2,1-3H3,(H,11,15)(H,12,13). The number of aromatic amines is 1. The second kappa shape index (κ2) is 5.50. The van der Waals surface area contributed by atoms with Crippen molar-refractivity contribution in [1.82, 2.24) is 20.4 Å². The molecular weight excluding hydrogens is 192 g/mol. The molecule has 0 fully saturated rings. The van der Waals surface area contributed by atoms with Gasteiger partial charge in [-0.3, -0.25) is 9.89 Å². The fourth-order valence-corrected chi connectivity index (χ4v) is 1.27. The normalized spacial score (nSPS) is 10.7. The molecule has 84 valence electrons. The van der Waals surface area contributed by atoms with Gasteiger partial charge in [0.2, 0.25) is 0 Å². The van der Waals surface area contributed by atoms with Gasteiger partial charge in [0, 0.05) is 12.2 Å². The van der Waals surface area contributed by atoms with Crippen LogP contribution in [-0.2, 0) is 0 Å². The van der Waals surface area contributed by atoms with Crippen LogP contribution in [0.1, 0.15) is 22.5 Å². The quantitative estimate of drug-likeness (QED) is 0.691. The first-order chi connectivity index (χ1) is 7.11. The van der Waals surface area contributed by atoms with Gasteiger partial charge < -0.3 is 10.2 Å². The zero-order valence-electron chi connectivity index (χ0n) is 9.50. The van der Waals surface area contributed by atoms with E-state index in [9.17, 15) is 4.79 Å². The fourth-order valence-electron chi connectivity index (χ4n) is 1.27. The van der Waals surface area contributed by atoms with Crippen molar-refractivity contribution in [2.75, 3.05) is 27.2 Å². The molecule has 2 N–H and O–H groups in total. The van der Waals surface area contributed by atoms with Crippen molar-refractivity contribution in [1.29, 1.82) is 0 Å². The molecule has 0 bridgehead atoms. The largest absolute Gasteiger partial charge is 0.352 e. The number of nitrogens with one attached hydrogen (secondary N) is 2. The highest BCUT2D eigenvalue weighted by atomic mass is 16.1. The van der Waals surface area contributed by atoms with E-state index < -0.39 is 0 Å². The second-order valence-electron chi connectivity index (χ2n) is 3.82. The van der Waals surface area contributed by atoms with Crippen molar-refractivity contribution in [2.24, 2.45) is 0 Å². The van der Waals surface area contributed by atoms with Crippen LogP contribution in [0.15, 0.2) is 6.20 Å². The summed E-state index contributed by atoms with van der Waals surface area (Å²) in [5, 5.41) is 9.40. The van der Waals surface area contributed by atoms with E-state index in [2.05, 4.69) is 20.4 Å². The molecule has 1 amide bonds. The van der Waals surface area contributed by atoms with Crippen LogP contribution < -0.4 is 5.32 Å². The number of rotatable bonds is 5. The van der Waals surface area contributed by atoms with Crippen LogP contribution in [0.5, 0.6) is 0 Å². The van der Waals surface area contributed by atoms with Crippen molar-refractivity contribution < 1.29 is 4.79 Å². The van der Waals surface area contributed by atoms with Crippen LogP contribution in [0.2, 0.25) is 0 Å². The maximum Gasteiger partial charge on any atom is 0.254 e. The Morgan fingerprint density at radius 1 is 1.60 bits per heavy atom. The van der Waals surface area contributed by atoms with E-state index >= 15 is 0 Å². The van der Waals surface area contributed by atoms with Gasteiger partial charge in [0.05, 0.1) is 11.8 Å². The van der Waals surface area contributed by atoms with Crippen LogP contribution in [-0.4, -0.2) is 48.2 Å². The van der Waals surface area contributed by atoms with Crippen molar-refractivity contribution >= 4 is 5.91 Å². The zero-order chi connectivity index (χ0) is 11.3. The van der Waals surface area contributed by atoms with Crippen LogP contribution in [0, 0.1) is 6.92 Å². The van der Waals surface area contributed by atoms with Gasteiger partial charge in [-0.25, -0.2) is 0 Å². The molecular formula is C10H18N4O. The first kappa shape index (κ1) is 11.7. The maximum atomic E-state index is 11.6. The lowest BCUT2D eigenvalue weighted by atomic mass is 10.2. The van der Waals surface area contributed by atoms with E-state index in [-0.39, 0.29) is 5.91 Å². The third-order valence-electron chi connectivity index (χ3n) is 2.14. The first-order valence-corrected chi connectivity index (χ1v) is 5.04. The van der Waals surface area contributed by atoms with E-state index in [0.29, 0.717) is 12.1 Å². The number of hydrogen-bond donors (Lipinski definition) is 2. The van der Waals surface area contributed by atoms with Crippen LogP contribution in [0.25, 0.3) is 0 Å². The number of aryl methyl sites for hydroxylation is 1. The Morgan fingerprint density at radius 3 is 2.87 bits per heavy atom. The predicted molar refractivity (Wildman–Crippen MR) is 58.8 cm³/mol. The molecule has 0 saturated carbocycles. The summed E-state index contributed by atoms with van der Waals surface area (Å²) >= 11 is 0. The Hall–Kier alpha value is -1.36. The summed E-state index contributed by atoms with van der Waals surface area (Å²) in [4.78, 5) is 13.7. The van der Waals surface area contributed by atoms with Crippen molar-refractivity contribution in [3.63, 3.8) is 0 Å². The van der Waals surface area contributed by atoms with Gasteiger partial charge in [-0.1, -0.05) is 0 Å². The Bertz CT molecular complexity index is 319. The number of carbonyl (C=O) groups excluding carboxylic acids is 1. The summed E-state index contributed by atoms with van der Waals surface area (Å²) in [6.45, 7) is 3.51. The number of H-pyrrole nitrogens is 1. The molecule has 0 aliphatic heterocycles. The molecule has 1 aromatic heterocycles. The van der Waals surface area contributed by atoms with E-state index in [1.807, 2.05) is 21.0 Å². The number of amides is 1. The molecule has 0 aliphatic rings. The lowest BCUT2D eigenvalue weighted by Gasteiger charge is -2.09. The van der Waals surface area contributed by atoms with Gasteiger partial charge in [-0.15, -0.1) is 0 Å². The van der Waals surface area contributed by atoms with Gasteiger partial charge in [0.15, 0.2) is 0 Å². The molecule has 1 heterocycles. The molecule has 5 heteroatoms. The van der Waals surface area contributed by atoms with Gasteiger partial charge in [-0.05, 0) is 34.0 Å². The molecule has 5 nitrogen and oxygen atoms in total. The smallest absolute Gasteiger partial charge is 0.254 e. The highest BCUT2D eigenvalue weighted by Crippen LogP contribution is 2.01. The monoisotopic (exact) mass is 210 g/mol. The Balaban J connectivity index is 2.28. The zero-order valence-corrected chi connectivity index (χ0v) is 9.50.